The topological polar surface area (TPSA) is 98.2 Å². The Balaban J connectivity index is 1.50. The Bertz CT molecular complexity index is 1210. The Kier molecular flexibility index (Phi) is 7.67. The van der Waals surface area contributed by atoms with Crippen LogP contribution in [-0.4, -0.2) is 55.5 Å². The average Bonchev–Trinajstić information content (AvgIpc) is 3.64. The van der Waals surface area contributed by atoms with Crippen molar-refractivity contribution in [3.63, 3.8) is 0 Å². The van der Waals surface area contributed by atoms with E-state index < -0.39 is 0 Å². The van der Waals surface area contributed by atoms with Crippen molar-refractivity contribution >= 4 is 10.9 Å². The van der Waals surface area contributed by atoms with E-state index in [1.165, 1.54) is 12.8 Å². The fourth-order valence-corrected chi connectivity index (χ4v) is 5.86. The Labute approximate surface area is 212 Å². The van der Waals surface area contributed by atoms with Gasteiger partial charge in [-0.2, -0.15) is 0 Å². The molecule has 1 aromatic carbocycles. The summed E-state index contributed by atoms with van der Waals surface area (Å²) >= 11 is 0. The van der Waals surface area contributed by atoms with Crippen LogP contribution in [0.15, 0.2) is 29.1 Å². The predicted octanol–water partition coefficient (Wildman–Crippen LogP) is 4.23. The van der Waals surface area contributed by atoms with Gasteiger partial charge in [-0.15, -0.1) is 5.10 Å². The standard InChI is InChI=1S/C27H38N6O3/c1-4-35-22-11-12-24-19(15-22)14-20(27(34)28-24)16-32(21-8-5-6-9-21)25(18(2)3)26-29-30-31-33(26)17-23-10-7-13-36-23/h11-12,14-15,18,21,23,25H,4-10,13,16-17H2,1-3H3,(H,28,34)/t23-,25-/m0/s1. The molecule has 9 heteroatoms. The van der Waals surface area contributed by atoms with E-state index in [0.717, 1.165) is 60.3 Å². The molecule has 2 aromatic heterocycles. The number of hydrogen-bond donors (Lipinski definition) is 1. The molecule has 1 saturated carbocycles. The highest BCUT2D eigenvalue weighted by molar-refractivity contribution is 5.80. The van der Waals surface area contributed by atoms with Crippen LogP contribution in [0.25, 0.3) is 10.9 Å². The van der Waals surface area contributed by atoms with Gasteiger partial charge in [0.15, 0.2) is 5.82 Å². The van der Waals surface area contributed by atoms with Gasteiger partial charge < -0.3 is 14.5 Å². The maximum atomic E-state index is 13.2. The predicted molar refractivity (Wildman–Crippen MR) is 138 cm³/mol. The maximum Gasteiger partial charge on any atom is 0.252 e. The van der Waals surface area contributed by atoms with Crippen LogP contribution in [-0.2, 0) is 17.8 Å². The zero-order chi connectivity index (χ0) is 25.1. The second-order valence-corrected chi connectivity index (χ2v) is 10.5. The molecular weight excluding hydrogens is 456 g/mol. The van der Waals surface area contributed by atoms with Crippen molar-refractivity contribution in [1.82, 2.24) is 30.1 Å². The van der Waals surface area contributed by atoms with Crippen LogP contribution in [0.3, 0.4) is 0 Å². The monoisotopic (exact) mass is 494 g/mol. The molecule has 36 heavy (non-hydrogen) atoms. The molecule has 2 aliphatic rings. The lowest BCUT2D eigenvalue weighted by Gasteiger charge is -2.38. The van der Waals surface area contributed by atoms with Crippen molar-refractivity contribution in [2.75, 3.05) is 13.2 Å². The number of nitrogens with zero attached hydrogens (tertiary/aromatic N) is 5. The van der Waals surface area contributed by atoms with E-state index in [1.807, 2.05) is 35.9 Å². The van der Waals surface area contributed by atoms with E-state index in [1.54, 1.807) is 0 Å². The van der Waals surface area contributed by atoms with Gasteiger partial charge in [0, 0.05) is 35.7 Å². The number of rotatable bonds is 10. The molecule has 3 heterocycles. The third kappa shape index (κ3) is 5.32. The minimum Gasteiger partial charge on any atom is -0.494 e. The molecule has 1 aliphatic heterocycles. The average molecular weight is 495 g/mol. The van der Waals surface area contributed by atoms with Crippen LogP contribution in [0.1, 0.15) is 76.7 Å². The van der Waals surface area contributed by atoms with E-state index >= 15 is 0 Å². The van der Waals surface area contributed by atoms with Gasteiger partial charge in [-0.3, -0.25) is 9.69 Å². The first-order chi connectivity index (χ1) is 17.5. The van der Waals surface area contributed by atoms with Crippen molar-refractivity contribution in [1.29, 1.82) is 0 Å². The summed E-state index contributed by atoms with van der Waals surface area (Å²) in [5.74, 6) is 1.94. The van der Waals surface area contributed by atoms with Gasteiger partial charge in [0.2, 0.25) is 0 Å². The molecule has 9 nitrogen and oxygen atoms in total. The number of ether oxygens (including phenoxy) is 2. The van der Waals surface area contributed by atoms with Gasteiger partial charge in [0.25, 0.3) is 5.56 Å². The van der Waals surface area contributed by atoms with Crippen LogP contribution in [0.5, 0.6) is 5.75 Å². The zero-order valence-corrected chi connectivity index (χ0v) is 21.7. The Hall–Kier alpha value is -2.78. The lowest BCUT2D eigenvalue weighted by molar-refractivity contribution is 0.0718. The summed E-state index contributed by atoms with van der Waals surface area (Å²) in [5, 5.41) is 13.9. The molecule has 1 N–H and O–H groups in total. The summed E-state index contributed by atoms with van der Waals surface area (Å²) in [6.45, 7) is 9.03. The van der Waals surface area contributed by atoms with Gasteiger partial charge >= 0.3 is 0 Å². The molecule has 0 unspecified atom stereocenters. The van der Waals surface area contributed by atoms with Crippen molar-refractivity contribution in [3.05, 3.63) is 46.0 Å². The van der Waals surface area contributed by atoms with Crippen molar-refractivity contribution in [2.24, 2.45) is 5.92 Å². The summed E-state index contributed by atoms with van der Waals surface area (Å²) in [5.41, 5.74) is 1.53. The number of aromatic amines is 1. The Morgan fingerprint density at radius 2 is 2.03 bits per heavy atom. The smallest absolute Gasteiger partial charge is 0.252 e. The quantitative estimate of drug-likeness (QED) is 0.450. The first-order valence-electron chi connectivity index (χ1n) is 13.5. The molecular formula is C27H38N6O3. The third-order valence-electron chi connectivity index (χ3n) is 7.56. The molecule has 0 spiro atoms. The molecule has 2 fully saturated rings. The third-order valence-corrected chi connectivity index (χ3v) is 7.56. The van der Waals surface area contributed by atoms with Crippen LogP contribution >= 0.6 is 0 Å². The zero-order valence-electron chi connectivity index (χ0n) is 21.7. The number of benzene rings is 1. The second-order valence-electron chi connectivity index (χ2n) is 10.5. The molecule has 194 valence electrons. The Morgan fingerprint density at radius 3 is 2.75 bits per heavy atom. The van der Waals surface area contributed by atoms with E-state index in [0.29, 0.717) is 25.7 Å². The molecule has 0 radical (unpaired) electrons. The molecule has 2 atom stereocenters. The minimum atomic E-state index is -0.0453. The van der Waals surface area contributed by atoms with E-state index in [9.17, 15) is 4.79 Å². The summed E-state index contributed by atoms with van der Waals surface area (Å²) in [4.78, 5) is 18.8. The van der Waals surface area contributed by atoms with Crippen molar-refractivity contribution < 1.29 is 9.47 Å². The highest BCUT2D eigenvalue weighted by atomic mass is 16.5. The van der Waals surface area contributed by atoms with E-state index in [4.69, 9.17) is 9.47 Å². The fraction of sp³-hybridized carbons (Fsp3) is 0.630. The van der Waals surface area contributed by atoms with Crippen molar-refractivity contribution in [3.8, 4) is 5.75 Å². The molecule has 1 saturated heterocycles. The summed E-state index contributed by atoms with van der Waals surface area (Å²) in [7, 11) is 0. The van der Waals surface area contributed by atoms with Gasteiger partial charge in [-0.1, -0.05) is 26.7 Å². The number of fused-ring (bicyclic) bond motifs is 1. The molecule has 5 rings (SSSR count). The Morgan fingerprint density at radius 1 is 1.19 bits per heavy atom. The summed E-state index contributed by atoms with van der Waals surface area (Å²) in [6, 6.07) is 8.21. The van der Waals surface area contributed by atoms with Gasteiger partial charge in [0.1, 0.15) is 5.75 Å². The molecule has 3 aromatic rings. The fourth-order valence-electron chi connectivity index (χ4n) is 5.86. The van der Waals surface area contributed by atoms with E-state index in [2.05, 4.69) is 39.3 Å². The molecule has 0 amide bonds. The molecule has 0 bridgehead atoms. The summed E-state index contributed by atoms with van der Waals surface area (Å²) in [6.07, 6.45) is 6.93. The normalized spacial score (nSPS) is 19.6. The number of hydrogen-bond acceptors (Lipinski definition) is 7. The van der Waals surface area contributed by atoms with Crippen LogP contribution < -0.4 is 10.3 Å². The van der Waals surface area contributed by atoms with Crippen LogP contribution in [0.4, 0.5) is 0 Å². The van der Waals surface area contributed by atoms with Gasteiger partial charge in [0.05, 0.1) is 25.3 Å². The minimum absolute atomic E-state index is 0.00522. The number of nitrogens with one attached hydrogen (secondary N) is 1. The second kappa shape index (κ2) is 11.1. The SMILES string of the molecule is CCOc1ccc2[nH]c(=O)c(CN(C3CCCC3)[C@H](c3nnnn3C[C@@H]3CCCO3)C(C)C)cc2c1. The maximum absolute atomic E-state index is 13.2. The lowest BCUT2D eigenvalue weighted by Crippen LogP contribution is -2.41. The highest BCUT2D eigenvalue weighted by Gasteiger charge is 2.36. The number of pyridine rings is 1. The van der Waals surface area contributed by atoms with E-state index in [-0.39, 0.29) is 23.6 Å². The first kappa shape index (κ1) is 24.9. The first-order valence-corrected chi connectivity index (χ1v) is 13.5. The van der Waals surface area contributed by atoms with Crippen LogP contribution in [0.2, 0.25) is 0 Å². The molecule has 1 aliphatic carbocycles. The van der Waals surface area contributed by atoms with Crippen LogP contribution in [0, 0.1) is 5.92 Å². The number of H-pyrrole nitrogens is 1. The van der Waals surface area contributed by atoms with Gasteiger partial charge in [-0.05, 0) is 73.2 Å². The number of aromatic nitrogens is 5. The number of tetrazole rings is 1. The van der Waals surface area contributed by atoms with Gasteiger partial charge in [-0.25, -0.2) is 4.68 Å². The van der Waals surface area contributed by atoms with Crippen molar-refractivity contribution in [2.45, 2.75) is 90.6 Å². The largest absolute Gasteiger partial charge is 0.494 e. The summed E-state index contributed by atoms with van der Waals surface area (Å²) < 4.78 is 13.5. The highest BCUT2D eigenvalue weighted by Crippen LogP contribution is 2.36. The lowest BCUT2D eigenvalue weighted by atomic mass is 9.97.